The van der Waals surface area contributed by atoms with Crippen LogP contribution < -0.4 is 4.72 Å². The van der Waals surface area contributed by atoms with E-state index in [9.17, 15) is 8.42 Å². The van der Waals surface area contributed by atoms with Gasteiger partial charge in [-0.25, -0.2) is 13.1 Å². The third-order valence-electron chi connectivity index (χ3n) is 2.46. The van der Waals surface area contributed by atoms with Gasteiger partial charge in [0.1, 0.15) is 4.21 Å². The molecule has 0 fully saturated rings. The van der Waals surface area contributed by atoms with Crippen LogP contribution in [0.1, 0.15) is 11.1 Å². The van der Waals surface area contributed by atoms with Gasteiger partial charge in [0, 0.05) is 11.9 Å². The van der Waals surface area contributed by atoms with Crippen LogP contribution in [0.2, 0.25) is 0 Å². The monoisotopic (exact) mass is 423 g/mol. The number of hydrogen-bond acceptors (Lipinski definition) is 3. The van der Waals surface area contributed by atoms with Crippen molar-refractivity contribution in [1.82, 2.24) is 4.72 Å². The molecular weight excluding hydrogens is 414 g/mol. The second-order valence-electron chi connectivity index (χ2n) is 3.83. The van der Waals surface area contributed by atoms with E-state index in [1.54, 1.807) is 12.1 Å². The summed E-state index contributed by atoms with van der Waals surface area (Å²) >= 11 is 7.83. The lowest BCUT2D eigenvalue weighted by atomic mass is 10.2. The van der Waals surface area contributed by atoms with Crippen LogP contribution in [-0.2, 0) is 21.9 Å². The first kappa shape index (κ1) is 15.2. The molecule has 0 saturated heterocycles. The van der Waals surface area contributed by atoms with E-state index in [2.05, 4.69) is 36.6 Å². The molecule has 0 amide bonds. The van der Waals surface area contributed by atoms with Crippen molar-refractivity contribution in [1.29, 1.82) is 0 Å². The minimum atomic E-state index is -3.42. The van der Waals surface area contributed by atoms with Crippen molar-refractivity contribution in [3.8, 4) is 0 Å². The minimum absolute atomic E-state index is 0.292. The zero-order valence-electron chi connectivity index (χ0n) is 9.77. The Bertz CT molecular complexity index is 651. The van der Waals surface area contributed by atoms with Crippen molar-refractivity contribution < 1.29 is 8.42 Å². The quantitative estimate of drug-likeness (QED) is 0.740. The second-order valence-corrected chi connectivity index (χ2v) is 8.85. The molecule has 1 aromatic carbocycles. The normalized spacial score (nSPS) is 11.7. The van der Waals surface area contributed by atoms with E-state index in [1.165, 1.54) is 11.3 Å². The van der Waals surface area contributed by atoms with Gasteiger partial charge in [-0.05, 0) is 39.2 Å². The Morgan fingerprint density at radius 2 is 1.68 bits per heavy atom. The summed E-state index contributed by atoms with van der Waals surface area (Å²) in [4.78, 5) is 0. The lowest BCUT2D eigenvalue weighted by molar-refractivity contribution is 0.583. The van der Waals surface area contributed by atoms with Crippen molar-refractivity contribution in [3.05, 3.63) is 51.3 Å². The molecule has 1 heterocycles. The Kier molecular flexibility index (Phi) is 5.19. The highest BCUT2D eigenvalue weighted by atomic mass is 79.9. The topological polar surface area (TPSA) is 46.2 Å². The first-order chi connectivity index (χ1) is 9.01. The fraction of sp³-hybridized carbons (Fsp3) is 0.167. The Labute approximate surface area is 133 Å². The Hall–Kier alpha value is -0.210. The predicted molar refractivity (Wildman–Crippen MR) is 85.1 cm³/mol. The van der Waals surface area contributed by atoms with Crippen molar-refractivity contribution in [3.63, 3.8) is 0 Å². The molecule has 3 nitrogen and oxygen atoms in total. The van der Waals surface area contributed by atoms with Gasteiger partial charge in [0.25, 0.3) is 0 Å². The van der Waals surface area contributed by atoms with Crippen LogP contribution in [0.4, 0.5) is 0 Å². The van der Waals surface area contributed by atoms with Crippen LogP contribution in [0, 0.1) is 0 Å². The Morgan fingerprint density at radius 3 is 2.21 bits per heavy atom. The van der Waals surface area contributed by atoms with Gasteiger partial charge >= 0.3 is 0 Å². The maximum Gasteiger partial charge on any atom is 0.250 e. The van der Waals surface area contributed by atoms with Crippen LogP contribution in [0.3, 0.4) is 0 Å². The molecule has 0 aliphatic rings. The molecule has 7 heteroatoms. The third kappa shape index (κ3) is 4.13. The fourth-order valence-electron chi connectivity index (χ4n) is 1.44. The molecule has 1 aromatic heterocycles. The summed E-state index contributed by atoms with van der Waals surface area (Å²) < 4.78 is 27.7. The number of sulfonamides is 1. The largest absolute Gasteiger partial charge is 0.250 e. The van der Waals surface area contributed by atoms with Crippen molar-refractivity contribution in [2.75, 3.05) is 0 Å². The van der Waals surface area contributed by atoms with Gasteiger partial charge < -0.3 is 0 Å². The van der Waals surface area contributed by atoms with E-state index in [1.807, 2.05) is 24.3 Å². The fourth-order valence-corrected chi connectivity index (χ4v) is 4.88. The predicted octanol–water partition coefficient (Wildman–Crippen LogP) is 3.88. The van der Waals surface area contributed by atoms with E-state index in [-0.39, 0.29) is 0 Å². The zero-order chi connectivity index (χ0) is 13.9. The molecule has 0 unspecified atom stereocenters. The molecule has 0 aliphatic carbocycles. The van der Waals surface area contributed by atoms with Crippen LogP contribution in [-0.4, -0.2) is 8.42 Å². The highest BCUT2D eigenvalue weighted by molar-refractivity contribution is 9.11. The molecule has 0 atom stereocenters. The maximum absolute atomic E-state index is 12.0. The van der Waals surface area contributed by atoms with Crippen molar-refractivity contribution in [2.45, 2.75) is 16.1 Å². The number of alkyl halides is 1. The average molecular weight is 425 g/mol. The molecule has 0 saturated carbocycles. The third-order valence-corrected chi connectivity index (χ3v) is 6.62. The van der Waals surface area contributed by atoms with Crippen molar-refractivity contribution >= 4 is 53.2 Å². The van der Waals surface area contributed by atoms with Gasteiger partial charge in [0.05, 0.1) is 3.79 Å². The highest BCUT2D eigenvalue weighted by Gasteiger charge is 2.15. The molecule has 1 N–H and O–H groups in total. The summed E-state index contributed by atoms with van der Waals surface area (Å²) in [5.74, 6) is 0. The molecule has 0 radical (unpaired) electrons. The van der Waals surface area contributed by atoms with E-state index in [0.29, 0.717) is 10.8 Å². The van der Waals surface area contributed by atoms with Crippen LogP contribution in [0.15, 0.2) is 44.4 Å². The molecule has 0 aliphatic heterocycles. The van der Waals surface area contributed by atoms with E-state index in [0.717, 1.165) is 20.2 Å². The van der Waals surface area contributed by atoms with E-state index >= 15 is 0 Å². The van der Waals surface area contributed by atoms with Crippen LogP contribution >= 0.6 is 43.2 Å². The van der Waals surface area contributed by atoms with Gasteiger partial charge in [-0.1, -0.05) is 40.2 Å². The number of hydrogen-bond donors (Lipinski definition) is 1. The molecular formula is C12H11Br2NO2S2. The number of benzene rings is 1. The highest BCUT2D eigenvalue weighted by Crippen LogP contribution is 2.25. The standard InChI is InChI=1S/C12H11Br2NO2S2/c13-7-9-1-3-10(4-2-9)8-15-19(16,17)12-6-5-11(14)18-12/h1-6,15H,7-8H2. The van der Waals surface area contributed by atoms with Crippen LogP contribution in [0.25, 0.3) is 0 Å². The molecule has 0 bridgehead atoms. The Morgan fingerprint density at radius 1 is 1.05 bits per heavy atom. The number of nitrogens with one attached hydrogen (secondary N) is 1. The number of rotatable bonds is 5. The van der Waals surface area contributed by atoms with Gasteiger partial charge in [-0.2, -0.15) is 0 Å². The molecule has 102 valence electrons. The summed E-state index contributed by atoms with van der Waals surface area (Å²) in [7, 11) is -3.42. The van der Waals surface area contributed by atoms with E-state index < -0.39 is 10.0 Å². The molecule has 2 rings (SSSR count). The molecule has 2 aromatic rings. The number of halogens is 2. The van der Waals surface area contributed by atoms with Crippen molar-refractivity contribution in [2.24, 2.45) is 0 Å². The smallest absolute Gasteiger partial charge is 0.206 e. The second kappa shape index (κ2) is 6.49. The summed E-state index contributed by atoms with van der Waals surface area (Å²) in [6.45, 7) is 0.292. The lowest BCUT2D eigenvalue weighted by Crippen LogP contribution is -2.22. The Balaban J connectivity index is 2.05. The summed E-state index contributed by atoms with van der Waals surface area (Å²) in [5.41, 5.74) is 2.10. The molecule has 0 spiro atoms. The maximum atomic E-state index is 12.0. The van der Waals surface area contributed by atoms with Crippen LogP contribution in [0.5, 0.6) is 0 Å². The van der Waals surface area contributed by atoms with Gasteiger partial charge in [-0.3, -0.25) is 0 Å². The summed E-state index contributed by atoms with van der Waals surface area (Å²) in [6, 6.07) is 11.1. The lowest BCUT2D eigenvalue weighted by Gasteiger charge is -2.05. The average Bonchev–Trinajstić information content (AvgIpc) is 2.85. The van der Waals surface area contributed by atoms with Gasteiger partial charge in [0.15, 0.2) is 0 Å². The van der Waals surface area contributed by atoms with Gasteiger partial charge in [0.2, 0.25) is 10.0 Å². The first-order valence-electron chi connectivity index (χ1n) is 5.40. The molecule has 19 heavy (non-hydrogen) atoms. The van der Waals surface area contributed by atoms with Gasteiger partial charge in [-0.15, -0.1) is 11.3 Å². The minimum Gasteiger partial charge on any atom is -0.206 e. The zero-order valence-corrected chi connectivity index (χ0v) is 14.6. The van der Waals surface area contributed by atoms with E-state index in [4.69, 9.17) is 0 Å². The first-order valence-corrected chi connectivity index (χ1v) is 9.61. The summed E-state index contributed by atoms with van der Waals surface area (Å²) in [5, 5.41) is 0.794. The SMILES string of the molecule is O=S(=O)(NCc1ccc(CBr)cc1)c1ccc(Br)s1. The summed E-state index contributed by atoms with van der Waals surface area (Å²) in [6.07, 6.45) is 0. The number of thiophene rings is 1.